The maximum Gasteiger partial charge on any atom is 0.262 e. The van der Waals surface area contributed by atoms with Gasteiger partial charge in [0.15, 0.2) is 6.61 Å². The topological polar surface area (TPSA) is 100 Å². The number of likely N-dealkylation sites (N-methyl/N-ethyl adjacent to an activating group) is 1. The molecule has 0 aromatic heterocycles. The second kappa shape index (κ2) is 10.6. The van der Waals surface area contributed by atoms with Crippen LogP contribution in [0.15, 0.2) is 42.5 Å². The summed E-state index contributed by atoms with van der Waals surface area (Å²) in [6.07, 6.45) is 1.85. The summed E-state index contributed by atoms with van der Waals surface area (Å²) < 4.78 is 11.0. The predicted octanol–water partition coefficient (Wildman–Crippen LogP) is 2.45. The van der Waals surface area contributed by atoms with Gasteiger partial charge in [-0.25, -0.2) is 0 Å². The van der Waals surface area contributed by atoms with E-state index in [0.29, 0.717) is 41.5 Å². The van der Waals surface area contributed by atoms with Crippen LogP contribution in [0, 0.1) is 5.92 Å². The van der Waals surface area contributed by atoms with E-state index in [0.717, 1.165) is 25.9 Å². The first-order valence-electron chi connectivity index (χ1n) is 11.4. The second-order valence-electron chi connectivity index (χ2n) is 8.64. The molecule has 1 saturated carbocycles. The number of nitrogens with zero attached hydrogens (tertiary/aromatic N) is 2. The van der Waals surface area contributed by atoms with E-state index in [2.05, 4.69) is 15.5 Å². The Kier molecular flexibility index (Phi) is 7.32. The van der Waals surface area contributed by atoms with Gasteiger partial charge in [0, 0.05) is 49.4 Å². The van der Waals surface area contributed by atoms with Crippen LogP contribution in [0.1, 0.15) is 23.2 Å². The van der Waals surface area contributed by atoms with Crippen molar-refractivity contribution >= 4 is 29.1 Å². The fourth-order valence-electron chi connectivity index (χ4n) is 3.72. The summed E-state index contributed by atoms with van der Waals surface area (Å²) in [5.74, 6) is 0.558. The number of piperazine rings is 1. The lowest BCUT2D eigenvalue weighted by molar-refractivity contribution is -0.118. The Labute approximate surface area is 199 Å². The standard InChI is InChI=1S/C25H30N4O5/c1-28-10-12-29(13-11-28)25(32)18-8-9-22(33-2)21(14-18)27-23(30)16-34-20-5-3-4-19(15-20)26-24(31)17-6-7-17/h3-5,8-9,14-15,17H,6-7,10-13,16H2,1-2H3,(H,26,31)(H,27,30). The van der Waals surface area contributed by atoms with Gasteiger partial charge in [0.25, 0.3) is 11.8 Å². The maximum absolute atomic E-state index is 12.9. The average molecular weight is 467 g/mol. The summed E-state index contributed by atoms with van der Waals surface area (Å²) in [5, 5.41) is 5.63. The summed E-state index contributed by atoms with van der Waals surface area (Å²) in [6.45, 7) is 2.75. The van der Waals surface area contributed by atoms with Crippen molar-refractivity contribution in [2.45, 2.75) is 12.8 Å². The molecular formula is C25H30N4O5. The molecule has 1 saturated heterocycles. The minimum Gasteiger partial charge on any atom is -0.495 e. The molecule has 2 aromatic rings. The minimum absolute atomic E-state index is 0.00740. The molecule has 2 fully saturated rings. The molecule has 180 valence electrons. The molecular weight excluding hydrogens is 436 g/mol. The number of methoxy groups -OCH3 is 1. The van der Waals surface area contributed by atoms with Crippen LogP contribution in [0.3, 0.4) is 0 Å². The molecule has 2 N–H and O–H groups in total. The Bertz CT molecular complexity index is 1060. The fourth-order valence-corrected chi connectivity index (χ4v) is 3.72. The summed E-state index contributed by atoms with van der Waals surface area (Å²) in [4.78, 5) is 41.4. The van der Waals surface area contributed by atoms with Crippen LogP contribution < -0.4 is 20.1 Å². The number of hydrogen-bond donors (Lipinski definition) is 2. The zero-order chi connectivity index (χ0) is 24.1. The van der Waals surface area contributed by atoms with Crippen LogP contribution in [0.25, 0.3) is 0 Å². The third kappa shape index (κ3) is 6.05. The van der Waals surface area contributed by atoms with Crippen molar-refractivity contribution < 1.29 is 23.9 Å². The molecule has 1 aliphatic heterocycles. The first kappa shape index (κ1) is 23.6. The molecule has 0 spiro atoms. The van der Waals surface area contributed by atoms with Gasteiger partial charge in [0.2, 0.25) is 5.91 Å². The number of ether oxygens (including phenoxy) is 2. The lowest BCUT2D eigenvalue weighted by atomic mass is 10.1. The van der Waals surface area contributed by atoms with E-state index >= 15 is 0 Å². The summed E-state index contributed by atoms with van der Waals surface area (Å²) >= 11 is 0. The van der Waals surface area contributed by atoms with Crippen LogP contribution in [-0.4, -0.2) is 74.5 Å². The quantitative estimate of drug-likeness (QED) is 0.620. The van der Waals surface area contributed by atoms with E-state index in [1.807, 2.05) is 11.9 Å². The van der Waals surface area contributed by atoms with Gasteiger partial charge in [-0.3, -0.25) is 14.4 Å². The van der Waals surface area contributed by atoms with Crippen molar-refractivity contribution in [2.75, 3.05) is 57.6 Å². The Morgan fingerprint density at radius 3 is 2.47 bits per heavy atom. The highest BCUT2D eigenvalue weighted by Gasteiger charge is 2.29. The molecule has 2 aliphatic rings. The SMILES string of the molecule is COc1ccc(C(=O)N2CCN(C)CC2)cc1NC(=O)COc1cccc(NC(=O)C2CC2)c1. The molecule has 3 amide bonds. The van der Waals surface area contributed by atoms with E-state index in [1.54, 1.807) is 42.5 Å². The molecule has 34 heavy (non-hydrogen) atoms. The number of hydrogen-bond acceptors (Lipinski definition) is 6. The summed E-state index contributed by atoms with van der Waals surface area (Å²) in [7, 11) is 3.54. The van der Waals surface area contributed by atoms with Gasteiger partial charge in [-0.2, -0.15) is 0 Å². The molecule has 0 radical (unpaired) electrons. The third-order valence-corrected chi connectivity index (χ3v) is 5.93. The predicted molar refractivity (Wildman–Crippen MR) is 128 cm³/mol. The summed E-state index contributed by atoms with van der Waals surface area (Å²) in [5.41, 5.74) is 1.52. The Balaban J connectivity index is 1.36. The maximum atomic E-state index is 12.9. The van der Waals surface area contributed by atoms with Crippen LogP contribution >= 0.6 is 0 Å². The highest BCUT2D eigenvalue weighted by molar-refractivity contribution is 5.99. The van der Waals surface area contributed by atoms with Crippen LogP contribution in [-0.2, 0) is 9.59 Å². The van der Waals surface area contributed by atoms with Gasteiger partial charge in [-0.1, -0.05) is 6.07 Å². The number of anilines is 2. The van der Waals surface area contributed by atoms with Crippen LogP contribution in [0.2, 0.25) is 0 Å². The molecule has 1 aliphatic carbocycles. The Morgan fingerprint density at radius 2 is 1.76 bits per heavy atom. The molecule has 9 heteroatoms. The second-order valence-corrected chi connectivity index (χ2v) is 8.64. The van der Waals surface area contributed by atoms with Gasteiger partial charge < -0.3 is 29.9 Å². The Morgan fingerprint density at radius 1 is 1.00 bits per heavy atom. The van der Waals surface area contributed by atoms with Crippen molar-refractivity contribution in [2.24, 2.45) is 5.92 Å². The molecule has 4 rings (SSSR count). The van der Waals surface area contributed by atoms with Crippen molar-refractivity contribution in [1.29, 1.82) is 0 Å². The highest BCUT2D eigenvalue weighted by Crippen LogP contribution is 2.30. The van der Waals surface area contributed by atoms with Gasteiger partial charge in [0.1, 0.15) is 11.5 Å². The zero-order valence-electron chi connectivity index (χ0n) is 19.5. The third-order valence-electron chi connectivity index (χ3n) is 5.93. The normalized spacial score (nSPS) is 16.0. The average Bonchev–Trinajstić information content (AvgIpc) is 3.69. The number of carbonyl (C=O) groups excluding carboxylic acids is 3. The molecule has 9 nitrogen and oxygen atoms in total. The number of rotatable bonds is 8. The van der Waals surface area contributed by atoms with E-state index in [4.69, 9.17) is 9.47 Å². The number of amides is 3. The zero-order valence-corrected chi connectivity index (χ0v) is 19.5. The van der Waals surface area contributed by atoms with E-state index in [9.17, 15) is 14.4 Å². The molecule has 0 bridgehead atoms. The van der Waals surface area contributed by atoms with E-state index in [1.165, 1.54) is 7.11 Å². The monoisotopic (exact) mass is 466 g/mol. The van der Waals surface area contributed by atoms with Gasteiger partial charge in [-0.15, -0.1) is 0 Å². The Hall–Kier alpha value is -3.59. The summed E-state index contributed by atoms with van der Waals surface area (Å²) in [6, 6.07) is 11.9. The first-order valence-corrected chi connectivity index (χ1v) is 11.4. The lowest BCUT2D eigenvalue weighted by Gasteiger charge is -2.32. The molecule has 1 heterocycles. The van der Waals surface area contributed by atoms with Gasteiger partial charge in [-0.05, 0) is 50.2 Å². The fraction of sp³-hybridized carbons (Fsp3) is 0.400. The molecule has 0 unspecified atom stereocenters. The number of benzene rings is 2. The number of carbonyl (C=O) groups is 3. The highest BCUT2D eigenvalue weighted by atomic mass is 16.5. The van der Waals surface area contributed by atoms with Crippen molar-refractivity contribution in [3.8, 4) is 11.5 Å². The van der Waals surface area contributed by atoms with Crippen molar-refractivity contribution in [1.82, 2.24) is 9.80 Å². The van der Waals surface area contributed by atoms with Gasteiger partial charge >= 0.3 is 0 Å². The van der Waals surface area contributed by atoms with Crippen molar-refractivity contribution in [3.05, 3.63) is 48.0 Å². The first-order chi connectivity index (χ1) is 16.4. The van der Waals surface area contributed by atoms with Crippen molar-refractivity contribution in [3.63, 3.8) is 0 Å². The van der Waals surface area contributed by atoms with E-state index in [-0.39, 0.29) is 24.3 Å². The van der Waals surface area contributed by atoms with Crippen LogP contribution in [0.5, 0.6) is 11.5 Å². The molecule has 2 aromatic carbocycles. The van der Waals surface area contributed by atoms with Crippen LogP contribution in [0.4, 0.5) is 11.4 Å². The molecule has 0 atom stereocenters. The largest absolute Gasteiger partial charge is 0.495 e. The van der Waals surface area contributed by atoms with Gasteiger partial charge in [0.05, 0.1) is 12.8 Å². The lowest BCUT2D eigenvalue weighted by Crippen LogP contribution is -2.47. The van der Waals surface area contributed by atoms with E-state index < -0.39 is 5.91 Å². The number of nitrogens with one attached hydrogen (secondary N) is 2. The minimum atomic E-state index is -0.394. The smallest absolute Gasteiger partial charge is 0.262 e.